The van der Waals surface area contributed by atoms with Crippen LogP contribution in [-0.4, -0.2) is 11.8 Å². The standard InChI is InChI=1S/C15H21NS/c1-2-12(1)9-10-17-15-7-3-13(4-8-15)11-16-14-5-6-14/h3-4,7-8,12,14,16H,1-2,5-6,9-11H2. The molecule has 2 saturated carbocycles. The number of nitrogens with one attached hydrogen (secondary N) is 1. The molecule has 17 heavy (non-hydrogen) atoms. The Bertz CT molecular complexity index is 352. The zero-order valence-electron chi connectivity index (χ0n) is 10.3. The van der Waals surface area contributed by atoms with E-state index < -0.39 is 0 Å². The van der Waals surface area contributed by atoms with Crippen LogP contribution in [0, 0.1) is 5.92 Å². The normalized spacial score (nSPS) is 19.5. The van der Waals surface area contributed by atoms with Crippen LogP contribution >= 0.6 is 11.8 Å². The molecule has 2 fully saturated rings. The summed E-state index contributed by atoms with van der Waals surface area (Å²) in [6, 6.07) is 9.91. The van der Waals surface area contributed by atoms with E-state index in [1.165, 1.54) is 48.3 Å². The van der Waals surface area contributed by atoms with E-state index in [0.29, 0.717) is 0 Å². The summed E-state index contributed by atoms with van der Waals surface area (Å²) in [6.45, 7) is 1.04. The van der Waals surface area contributed by atoms with Gasteiger partial charge < -0.3 is 5.32 Å². The third kappa shape index (κ3) is 4.04. The predicted octanol–water partition coefficient (Wildman–Crippen LogP) is 3.83. The molecule has 0 atom stereocenters. The highest BCUT2D eigenvalue weighted by Gasteiger charge is 2.20. The summed E-state index contributed by atoms with van der Waals surface area (Å²) < 4.78 is 0. The number of benzene rings is 1. The molecule has 0 aliphatic heterocycles. The number of thioether (sulfide) groups is 1. The molecule has 1 nitrogen and oxygen atoms in total. The van der Waals surface area contributed by atoms with Crippen molar-refractivity contribution in [3.05, 3.63) is 29.8 Å². The zero-order chi connectivity index (χ0) is 11.5. The lowest BCUT2D eigenvalue weighted by Crippen LogP contribution is -2.14. The summed E-state index contributed by atoms with van der Waals surface area (Å²) in [4.78, 5) is 1.43. The third-order valence-electron chi connectivity index (χ3n) is 3.59. The molecule has 2 aliphatic rings. The number of hydrogen-bond acceptors (Lipinski definition) is 2. The largest absolute Gasteiger partial charge is 0.310 e. The van der Waals surface area contributed by atoms with Crippen LogP contribution in [0.3, 0.4) is 0 Å². The predicted molar refractivity (Wildman–Crippen MR) is 74.4 cm³/mol. The van der Waals surface area contributed by atoms with Crippen LogP contribution in [0.25, 0.3) is 0 Å². The summed E-state index contributed by atoms with van der Waals surface area (Å²) in [5.74, 6) is 2.36. The van der Waals surface area contributed by atoms with Gasteiger partial charge in [-0.2, -0.15) is 0 Å². The van der Waals surface area contributed by atoms with E-state index in [4.69, 9.17) is 0 Å². The van der Waals surface area contributed by atoms with E-state index in [9.17, 15) is 0 Å². The maximum absolute atomic E-state index is 3.55. The molecule has 0 spiro atoms. The Morgan fingerprint density at radius 3 is 2.47 bits per heavy atom. The second-order valence-electron chi connectivity index (χ2n) is 5.38. The molecular weight excluding hydrogens is 226 g/mol. The highest BCUT2D eigenvalue weighted by molar-refractivity contribution is 7.99. The Morgan fingerprint density at radius 2 is 1.82 bits per heavy atom. The fourth-order valence-corrected chi connectivity index (χ4v) is 3.02. The Balaban J connectivity index is 1.41. The van der Waals surface area contributed by atoms with Crippen LogP contribution in [0.4, 0.5) is 0 Å². The van der Waals surface area contributed by atoms with Gasteiger partial charge in [0.2, 0.25) is 0 Å². The first-order chi connectivity index (χ1) is 8.40. The maximum Gasteiger partial charge on any atom is 0.0208 e. The number of rotatable bonds is 7. The Morgan fingerprint density at radius 1 is 1.06 bits per heavy atom. The van der Waals surface area contributed by atoms with Gasteiger partial charge in [0.05, 0.1) is 0 Å². The van der Waals surface area contributed by atoms with Gasteiger partial charge in [-0.05, 0) is 48.6 Å². The van der Waals surface area contributed by atoms with Crippen molar-refractivity contribution >= 4 is 11.8 Å². The van der Waals surface area contributed by atoms with Crippen LogP contribution < -0.4 is 5.32 Å². The first-order valence-corrected chi connectivity index (χ1v) is 7.84. The summed E-state index contributed by atoms with van der Waals surface area (Å²) in [5.41, 5.74) is 1.42. The smallest absolute Gasteiger partial charge is 0.0208 e. The highest BCUT2D eigenvalue weighted by atomic mass is 32.2. The molecule has 0 saturated heterocycles. The minimum atomic E-state index is 0.808. The monoisotopic (exact) mass is 247 g/mol. The zero-order valence-corrected chi connectivity index (χ0v) is 11.1. The van der Waals surface area contributed by atoms with Crippen molar-refractivity contribution < 1.29 is 0 Å². The average molecular weight is 247 g/mol. The van der Waals surface area contributed by atoms with Crippen LogP contribution in [0.1, 0.15) is 37.7 Å². The maximum atomic E-state index is 3.55. The summed E-state index contributed by atoms with van der Waals surface area (Å²) in [7, 11) is 0. The van der Waals surface area contributed by atoms with Crippen LogP contribution in [0.2, 0.25) is 0 Å². The van der Waals surface area contributed by atoms with E-state index in [2.05, 4.69) is 29.6 Å². The fraction of sp³-hybridized carbons (Fsp3) is 0.600. The molecule has 1 aromatic rings. The van der Waals surface area contributed by atoms with E-state index in [1.54, 1.807) is 0 Å². The molecule has 1 aromatic carbocycles. The van der Waals surface area contributed by atoms with Crippen LogP contribution in [0.15, 0.2) is 29.2 Å². The fourth-order valence-electron chi connectivity index (χ4n) is 2.00. The molecule has 2 aliphatic carbocycles. The van der Waals surface area contributed by atoms with Gasteiger partial charge >= 0.3 is 0 Å². The van der Waals surface area contributed by atoms with E-state index >= 15 is 0 Å². The molecule has 0 amide bonds. The van der Waals surface area contributed by atoms with Crippen molar-refractivity contribution in [2.75, 3.05) is 5.75 Å². The van der Waals surface area contributed by atoms with Gasteiger partial charge in [0, 0.05) is 17.5 Å². The van der Waals surface area contributed by atoms with E-state index in [0.717, 1.165) is 18.5 Å². The molecule has 1 N–H and O–H groups in total. The van der Waals surface area contributed by atoms with Gasteiger partial charge in [-0.25, -0.2) is 0 Å². The lowest BCUT2D eigenvalue weighted by Gasteiger charge is -2.05. The van der Waals surface area contributed by atoms with Crippen LogP contribution in [0.5, 0.6) is 0 Å². The molecule has 0 bridgehead atoms. The van der Waals surface area contributed by atoms with Gasteiger partial charge in [0.25, 0.3) is 0 Å². The first-order valence-electron chi connectivity index (χ1n) is 6.85. The molecule has 0 heterocycles. The highest BCUT2D eigenvalue weighted by Crippen LogP contribution is 2.34. The molecule has 0 aromatic heterocycles. The van der Waals surface area contributed by atoms with Crippen molar-refractivity contribution in [3.63, 3.8) is 0 Å². The van der Waals surface area contributed by atoms with Crippen molar-refractivity contribution in [1.82, 2.24) is 5.32 Å². The summed E-state index contributed by atoms with van der Waals surface area (Å²) in [6.07, 6.45) is 7.11. The molecule has 3 rings (SSSR count). The van der Waals surface area contributed by atoms with Crippen LogP contribution in [-0.2, 0) is 6.54 Å². The third-order valence-corrected chi connectivity index (χ3v) is 4.63. The van der Waals surface area contributed by atoms with Gasteiger partial charge in [0.1, 0.15) is 0 Å². The molecule has 2 heteroatoms. The second-order valence-corrected chi connectivity index (χ2v) is 6.55. The van der Waals surface area contributed by atoms with Gasteiger partial charge in [0.15, 0.2) is 0 Å². The topological polar surface area (TPSA) is 12.0 Å². The van der Waals surface area contributed by atoms with Crippen molar-refractivity contribution in [1.29, 1.82) is 0 Å². The second kappa shape index (κ2) is 5.45. The minimum Gasteiger partial charge on any atom is -0.310 e. The quantitative estimate of drug-likeness (QED) is 0.735. The molecular formula is C15H21NS. The Hall–Kier alpha value is -0.470. The lowest BCUT2D eigenvalue weighted by molar-refractivity contribution is 0.687. The van der Waals surface area contributed by atoms with Gasteiger partial charge in [-0.1, -0.05) is 25.0 Å². The van der Waals surface area contributed by atoms with E-state index in [-0.39, 0.29) is 0 Å². The van der Waals surface area contributed by atoms with Crippen molar-refractivity contribution in [2.24, 2.45) is 5.92 Å². The van der Waals surface area contributed by atoms with Gasteiger partial charge in [-0.15, -0.1) is 11.8 Å². The molecule has 0 radical (unpaired) electrons. The summed E-state index contributed by atoms with van der Waals surface area (Å²) in [5, 5.41) is 3.55. The summed E-state index contributed by atoms with van der Waals surface area (Å²) >= 11 is 2.01. The SMILES string of the molecule is c1cc(SCCC2CC2)ccc1CNC1CC1. The Labute approximate surface area is 108 Å². The lowest BCUT2D eigenvalue weighted by atomic mass is 10.2. The first kappa shape index (κ1) is 11.6. The van der Waals surface area contributed by atoms with Crippen molar-refractivity contribution in [2.45, 2.75) is 49.6 Å². The van der Waals surface area contributed by atoms with E-state index in [1.807, 2.05) is 11.8 Å². The van der Waals surface area contributed by atoms with Crippen molar-refractivity contribution in [3.8, 4) is 0 Å². The van der Waals surface area contributed by atoms with Gasteiger partial charge in [-0.3, -0.25) is 0 Å². The molecule has 0 unspecified atom stereocenters. The Kier molecular flexibility index (Phi) is 3.72. The molecule has 92 valence electrons. The minimum absolute atomic E-state index is 0.808. The number of hydrogen-bond donors (Lipinski definition) is 1. The average Bonchev–Trinajstić information content (AvgIpc) is 3.23.